The van der Waals surface area contributed by atoms with Crippen LogP contribution in [-0.4, -0.2) is 35.7 Å². The predicted molar refractivity (Wildman–Crippen MR) is 105 cm³/mol. The Morgan fingerprint density at radius 2 is 2.00 bits per heavy atom. The van der Waals surface area contributed by atoms with Gasteiger partial charge in [-0.2, -0.15) is 0 Å². The van der Waals surface area contributed by atoms with E-state index in [0.717, 1.165) is 24.9 Å². The monoisotopic (exact) mass is 353 g/mol. The van der Waals surface area contributed by atoms with Crippen molar-refractivity contribution in [3.63, 3.8) is 0 Å². The van der Waals surface area contributed by atoms with E-state index in [0.29, 0.717) is 24.5 Å². The molecule has 0 saturated carbocycles. The molecule has 1 aliphatic heterocycles. The Balaban J connectivity index is 1.83. The van der Waals surface area contributed by atoms with Crippen molar-refractivity contribution in [2.24, 2.45) is 5.41 Å². The van der Waals surface area contributed by atoms with Crippen molar-refractivity contribution in [3.8, 4) is 0 Å². The third-order valence-corrected chi connectivity index (χ3v) is 5.64. The number of hydrogen-bond donors (Lipinski definition) is 2. The summed E-state index contributed by atoms with van der Waals surface area (Å²) in [5, 5.41) is 13.1. The molecule has 5 heteroatoms. The molecule has 3 rings (SSSR count). The zero-order valence-corrected chi connectivity index (χ0v) is 15.5. The second-order valence-corrected chi connectivity index (χ2v) is 6.95. The number of nitrogens with one attached hydrogen (secondary N) is 1. The average molecular weight is 353 g/mol. The molecule has 1 aromatic carbocycles. The van der Waals surface area contributed by atoms with Crippen molar-refractivity contribution in [2.45, 2.75) is 33.1 Å². The predicted octanol–water partition coefficient (Wildman–Crippen LogP) is 3.50. The Morgan fingerprint density at radius 3 is 2.73 bits per heavy atom. The van der Waals surface area contributed by atoms with Gasteiger partial charge in [0.2, 0.25) is 0 Å². The number of benzene rings is 1. The lowest BCUT2D eigenvalue weighted by molar-refractivity contribution is 0.0989. The van der Waals surface area contributed by atoms with Crippen LogP contribution < -0.4 is 10.2 Å². The highest BCUT2D eigenvalue weighted by molar-refractivity contribution is 6.10. The number of anilines is 2. The largest absolute Gasteiger partial charge is 0.396 e. The van der Waals surface area contributed by atoms with Crippen LogP contribution >= 0.6 is 0 Å². The summed E-state index contributed by atoms with van der Waals surface area (Å²) in [4.78, 5) is 19.4. The first-order chi connectivity index (χ1) is 12.6. The van der Waals surface area contributed by atoms with E-state index in [-0.39, 0.29) is 17.9 Å². The SMILES string of the molecule is CCC(CC)(CO)CNc1ncccc1C(=O)N1CCc2ccccc21. The van der Waals surface area contributed by atoms with E-state index in [4.69, 9.17) is 0 Å². The number of nitrogens with zero attached hydrogens (tertiary/aromatic N) is 2. The summed E-state index contributed by atoms with van der Waals surface area (Å²) in [6.45, 7) is 5.55. The number of fused-ring (bicyclic) bond motifs is 1. The fourth-order valence-corrected chi connectivity index (χ4v) is 3.46. The number of rotatable bonds is 7. The number of carbonyl (C=O) groups is 1. The van der Waals surface area contributed by atoms with Crippen molar-refractivity contribution in [3.05, 3.63) is 53.7 Å². The maximum atomic E-state index is 13.2. The van der Waals surface area contributed by atoms with Crippen molar-refractivity contribution in [1.82, 2.24) is 4.98 Å². The molecule has 0 bridgehead atoms. The first-order valence-corrected chi connectivity index (χ1v) is 9.33. The number of pyridine rings is 1. The van der Waals surface area contributed by atoms with E-state index in [1.54, 1.807) is 12.3 Å². The quantitative estimate of drug-likeness (QED) is 0.800. The first kappa shape index (κ1) is 18.4. The van der Waals surface area contributed by atoms with Gasteiger partial charge in [0.1, 0.15) is 5.82 Å². The van der Waals surface area contributed by atoms with E-state index >= 15 is 0 Å². The number of amides is 1. The summed E-state index contributed by atoms with van der Waals surface area (Å²) in [5.41, 5.74) is 2.57. The van der Waals surface area contributed by atoms with Crippen LogP contribution in [0.2, 0.25) is 0 Å². The van der Waals surface area contributed by atoms with Gasteiger partial charge in [-0.3, -0.25) is 4.79 Å². The minimum Gasteiger partial charge on any atom is -0.396 e. The summed E-state index contributed by atoms with van der Waals surface area (Å²) >= 11 is 0. The molecule has 2 N–H and O–H groups in total. The van der Waals surface area contributed by atoms with E-state index < -0.39 is 0 Å². The molecule has 1 amide bonds. The second-order valence-electron chi connectivity index (χ2n) is 6.95. The molecule has 138 valence electrons. The van der Waals surface area contributed by atoms with Gasteiger partial charge in [-0.05, 0) is 43.0 Å². The molecule has 0 aliphatic carbocycles. The van der Waals surface area contributed by atoms with Gasteiger partial charge in [0, 0.05) is 30.4 Å². The van der Waals surface area contributed by atoms with Crippen LogP contribution in [0.3, 0.4) is 0 Å². The maximum Gasteiger partial charge on any atom is 0.262 e. The summed E-state index contributed by atoms with van der Waals surface area (Å²) in [7, 11) is 0. The molecule has 5 nitrogen and oxygen atoms in total. The molecular weight excluding hydrogens is 326 g/mol. The van der Waals surface area contributed by atoms with Crippen LogP contribution in [0.1, 0.15) is 42.6 Å². The van der Waals surface area contributed by atoms with Gasteiger partial charge in [0.25, 0.3) is 5.91 Å². The van der Waals surface area contributed by atoms with Gasteiger partial charge in [-0.25, -0.2) is 4.98 Å². The molecule has 0 atom stereocenters. The molecule has 1 aromatic heterocycles. The van der Waals surface area contributed by atoms with Crippen molar-refractivity contribution >= 4 is 17.4 Å². The van der Waals surface area contributed by atoms with E-state index in [1.165, 1.54) is 5.56 Å². The van der Waals surface area contributed by atoms with E-state index in [2.05, 4.69) is 30.2 Å². The Morgan fingerprint density at radius 1 is 1.23 bits per heavy atom. The van der Waals surface area contributed by atoms with E-state index in [1.807, 2.05) is 29.2 Å². The van der Waals surface area contributed by atoms with Crippen LogP contribution in [0.4, 0.5) is 11.5 Å². The smallest absolute Gasteiger partial charge is 0.262 e. The van der Waals surface area contributed by atoms with Gasteiger partial charge in [0.15, 0.2) is 0 Å². The molecule has 2 heterocycles. The van der Waals surface area contributed by atoms with Crippen LogP contribution in [0.5, 0.6) is 0 Å². The molecule has 0 unspecified atom stereocenters. The third kappa shape index (κ3) is 3.44. The molecule has 0 saturated heterocycles. The lowest BCUT2D eigenvalue weighted by atomic mass is 9.83. The lowest BCUT2D eigenvalue weighted by Gasteiger charge is -2.30. The molecule has 0 spiro atoms. The summed E-state index contributed by atoms with van der Waals surface area (Å²) in [5.74, 6) is 0.551. The van der Waals surface area contributed by atoms with Crippen molar-refractivity contribution < 1.29 is 9.90 Å². The highest BCUT2D eigenvalue weighted by Crippen LogP contribution is 2.31. The molecule has 0 fully saturated rings. The Bertz CT molecular complexity index is 763. The minimum atomic E-state index is -0.196. The Kier molecular flexibility index (Phi) is 5.57. The molecule has 1 aliphatic rings. The van der Waals surface area contributed by atoms with Crippen LogP contribution in [0.25, 0.3) is 0 Å². The Hall–Kier alpha value is -2.40. The first-order valence-electron chi connectivity index (χ1n) is 9.33. The highest BCUT2D eigenvalue weighted by Gasteiger charge is 2.29. The van der Waals surface area contributed by atoms with Gasteiger partial charge in [-0.15, -0.1) is 0 Å². The number of aliphatic hydroxyl groups excluding tert-OH is 1. The Labute approximate surface area is 155 Å². The number of aliphatic hydroxyl groups is 1. The normalized spacial score (nSPS) is 13.6. The van der Waals surface area contributed by atoms with E-state index in [9.17, 15) is 9.90 Å². The number of aromatic nitrogens is 1. The van der Waals surface area contributed by atoms with Gasteiger partial charge in [0.05, 0.1) is 12.2 Å². The topological polar surface area (TPSA) is 65.5 Å². The average Bonchev–Trinajstić information content (AvgIpc) is 3.13. The lowest BCUT2D eigenvalue weighted by Crippen LogP contribution is -2.34. The highest BCUT2D eigenvalue weighted by atomic mass is 16.3. The molecular formula is C21H27N3O2. The van der Waals surface area contributed by atoms with Gasteiger partial charge >= 0.3 is 0 Å². The van der Waals surface area contributed by atoms with Gasteiger partial charge < -0.3 is 15.3 Å². The van der Waals surface area contributed by atoms with Crippen LogP contribution in [-0.2, 0) is 6.42 Å². The zero-order chi connectivity index (χ0) is 18.6. The summed E-state index contributed by atoms with van der Waals surface area (Å²) < 4.78 is 0. The summed E-state index contributed by atoms with van der Waals surface area (Å²) in [6, 6.07) is 11.6. The third-order valence-electron chi connectivity index (χ3n) is 5.64. The standard InChI is InChI=1S/C21H27N3O2/c1-3-21(4-2,15-25)14-23-19-17(9-7-12-22-19)20(26)24-13-11-16-8-5-6-10-18(16)24/h5-10,12,25H,3-4,11,13-15H2,1-2H3,(H,22,23). The van der Waals surface area contributed by atoms with Crippen LogP contribution in [0, 0.1) is 5.41 Å². The van der Waals surface area contributed by atoms with Gasteiger partial charge in [-0.1, -0.05) is 32.0 Å². The minimum absolute atomic E-state index is 0.0341. The van der Waals surface area contributed by atoms with Crippen molar-refractivity contribution in [1.29, 1.82) is 0 Å². The number of para-hydroxylation sites is 1. The van der Waals surface area contributed by atoms with Crippen LogP contribution in [0.15, 0.2) is 42.6 Å². The summed E-state index contributed by atoms with van der Waals surface area (Å²) in [6.07, 6.45) is 4.30. The zero-order valence-electron chi connectivity index (χ0n) is 15.5. The molecule has 2 aromatic rings. The fraction of sp³-hybridized carbons (Fsp3) is 0.429. The van der Waals surface area contributed by atoms with Crippen molar-refractivity contribution in [2.75, 3.05) is 29.9 Å². The fourth-order valence-electron chi connectivity index (χ4n) is 3.46. The number of hydrogen-bond acceptors (Lipinski definition) is 4. The second kappa shape index (κ2) is 7.87. The maximum absolute atomic E-state index is 13.2. The number of carbonyl (C=O) groups excluding carboxylic acids is 1. The molecule has 0 radical (unpaired) electrons. The molecule has 26 heavy (non-hydrogen) atoms.